The third-order valence-electron chi connectivity index (χ3n) is 2.80. The fourth-order valence-electron chi connectivity index (χ4n) is 1.82. The van der Waals surface area contributed by atoms with Gasteiger partial charge in [-0.1, -0.05) is 25.1 Å². The molecule has 96 valence electrons. The predicted octanol–water partition coefficient (Wildman–Crippen LogP) is 3.75. The summed E-state index contributed by atoms with van der Waals surface area (Å²) in [5.74, 6) is 0.881. The summed E-state index contributed by atoms with van der Waals surface area (Å²) in [5, 5.41) is 3.36. The van der Waals surface area contributed by atoms with Gasteiger partial charge in [0, 0.05) is 15.7 Å². The van der Waals surface area contributed by atoms with Crippen LogP contribution in [-0.4, -0.2) is 11.5 Å². The first-order chi connectivity index (χ1) is 8.74. The second kappa shape index (κ2) is 6.33. The molecule has 0 atom stereocenters. The number of nitrogens with one attached hydrogen (secondary N) is 1. The van der Waals surface area contributed by atoms with Crippen LogP contribution in [0, 0.1) is 10.5 Å². The van der Waals surface area contributed by atoms with E-state index >= 15 is 0 Å². The summed E-state index contributed by atoms with van der Waals surface area (Å²) in [5.41, 5.74) is 3.37. The molecule has 1 aromatic carbocycles. The lowest BCUT2D eigenvalue weighted by atomic mass is 10.1. The zero-order valence-corrected chi connectivity index (χ0v) is 12.8. The Balaban J connectivity index is 2.28. The van der Waals surface area contributed by atoms with E-state index in [-0.39, 0.29) is 0 Å². The maximum absolute atomic E-state index is 5.56. The molecule has 4 heteroatoms. The minimum Gasteiger partial charge on any atom is -0.443 e. The summed E-state index contributed by atoms with van der Waals surface area (Å²) in [4.78, 5) is 4.30. The molecule has 2 rings (SSSR count). The first kappa shape index (κ1) is 13.5. The van der Waals surface area contributed by atoms with Gasteiger partial charge in [0.15, 0.2) is 12.2 Å². The van der Waals surface area contributed by atoms with E-state index in [2.05, 4.69) is 64.9 Å². The Morgan fingerprint density at radius 1 is 1.39 bits per heavy atom. The summed E-state index contributed by atoms with van der Waals surface area (Å²) in [6, 6.07) is 6.24. The summed E-state index contributed by atoms with van der Waals surface area (Å²) in [6.45, 7) is 6.01. The Hall–Kier alpha value is -0.880. The molecule has 0 saturated heterocycles. The molecule has 0 bridgehead atoms. The number of aromatic nitrogens is 1. The van der Waals surface area contributed by atoms with Crippen LogP contribution in [-0.2, 0) is 6.54 Å². The molecular weight excluding hydrogens is 339 g/mol. The number of hydrogen-bond donors (Lipinski definition) is 1. The average Bonchev–Trinajstić information content (AvgIpc) is 2.81. The first-order valence-corrected chi connectivity index (χ1v) is 7.20. The van der Waals surface area contributed by atoms with E-state index in [0.717, 1.165) is 36.5 Å². The van der Waals surface area contributed by atoms with Crippen molar-refractivity contribution in [2.24, 2.45) is 0 Å². The van der Waals surface area contributed by atoms with E-state index < -0.39 is 0 Å². The molecule has 3 nitrogen and oxygen atoms in total. The number of halogens is 1. The van der Waals surface area contributed by atoms with Crippen molar-refractivity contribution in [3.05, 3.63) is 39.4 Å². The molecule has 1 heterocycles. The van der Waals surface area contributed by atoms with Crippen molar-refractivity contribution in [3.63, 3.8) is 0 Å². The summed E-state index contributed by atoms with van der Waals surface area (Å²) in [7, 11) is 0. The third-order valence-corrected chi connectivity index (χ3v) is 4.23. The van der Waals surface area contributed by atoms with Crippen molar-refractivity contribution in [1.82, 2.24) is 10.3 Å². The number of rotatable bonds is 5. The Bertz CT molecular complexity index is 522. The lowest BCUT2D eigenvalue weighted by Gasteiger charge is -2.06. The molecule has 18 heavy (non-hydrogen) atoms. The highest BCUT2D eigenvalue weighted by Crippen LogP contribution is 2.29. The van der Waals surface area contributed by atoms with Crippen LogP contribution >= 0.6 is 22.6 Å². The van der Waals surface area contributed by atoms with E-state index in [0.29, 0.717) is 0 Å². The Morgan fingerprint density at radius 2 is 2.22 bits per heavy atom. The largest absolute Gasteiger partial charge is 0.443 e. The SMILES string of the molecule is CCCNCc1ncoc1-c1cccc(C)c1I. The smallest absolute Gasteiger partial charge is 0.181 e. The lowest BCUT2D eigenvalue weighted by Crippen LogP contribution is -2.14. The normalized spacial score (nSPS) is 10.8. The molecule has 0 amide bonds. The van der Waals surface area contributed by atoms with Crippen LogP contribution in [0.25, 0.3) is 11.3 Å². The van der Waals surface area contributed by atoms with Crippen LogP contribution in [0.2, 0.25) is 0 Å². The zero-order chi connectivity index (χ0) is 13.0. The Morgan fingerprint density at radius 3 is 3.00 bits per heavy atom. The van der Waals surface area contributed by atoms with Crippen molar-refractivity contribution in [2.75, 3.05) is 6.54 Å². The van der Waals surface area contributed by atoms with Gasteiger partial charge < -0.3 is 9.73 Å². The highest BCUT2D eigenvalue weighted by atomic mass is 127. The Labute approximate surface area is 121 Å². The van der Waals surface area contributed by atoms with Gasteiger partial charge in [-0.15, -0.1) is 0 Å². The molecule has 2 aromatic rings. The molecule has 0 fully saturated rings. The molecule has 0 radical (unpaired) electrons. The molecule has 1 aromatic heterocycles. The molecular formula is C14H17IN2O. The van der Waals surface area contributed by atoms with Gasteiger partial charge in [-0.2, -0.15) is 0 Å². The molecule has 1 N–H and O–H groups in total. The van der Waals surface area contributed by atoms with Crippen LogP contribution in [0.3, 0.4) is 0 Å². The van der Waals surface area contributed by atoms with Gasteiger partial charge in [0.05, 0.1) is 0 Å². The van der Waals surface area contributed by atoms with E-state index in [1.807, 2.05) is 0 Å². The minimum atomic E-state index is 0.754. The number of benzene rings is 1. The highest BCUT2D eigenvalue weighted by Gasteiger charge is 2.14. The van der Waals surface area contributed by atoms with Gasteiger partial charge in [-0.3, -0.25) is 0 Å². The van der Waals surface area contributed by atoms with Crippen molar-refractivity contribution in [3.8, 4) is 11.3 Å². The Kier molecular flexibility index (Phi) is 4.77. The molecule has 0 saturated carbocycles. The van der Waals surface area contributed by atoms with Gasteiger partial charge in [-0.05, 0) is 48.0 Å². The topological polar surface area (TPSA) is 38.1 Å². The van der Waals surface area contributed by atoms with Gasteiger partial charge in [-0.25, -0.2) is 4.98 Å². The summed E-state index contributed by atoms with van der Waals surface area (Å²) >= 11 is 2.36. The third kappa shape index (κ3) is 2.92. The standard InChI is InChI=1S/C14H17IN2O/c1-3-7-16-8-12-14(18-9-17-12)11-6-4-5-10(2)13(11)15/h4-6,9,16H,3,7-8H2,1-2H3. The number of nitrogens with zero attached hydrogens (tertiary/aromatic N) is 1. The van der Waals surface area contributed by atoms with Gasteiger partial charge in [0.25, 0.3) is 0 Å². The van der Waals surface area contributed by atoms with E-state index in [4.69, 9.17) is 4.42 Å². The van der Waals surface area contributed by atoms with Gasteiger partial charge in [0.2, 0.25) is 0 Å². The highest BCUT2D eigenvalue weighted by molar-refractivity contribution is 14.1. The van der Waals surface area contributed by atoms with E-state index in [9.17, 15) is 0 Å². The van der Waals surface area contributed by atoms with Crippen molar-refractivity contribution >= 4 is 22.6 Å². The molecule has 0 aliphatic rings. The lowest BCUT2D eigenvalue weighted by molar-refractivity contribution is 0.569. The minimum absolute atomic E-state index is 0.754. The number of oxazole rings is 1. The maximum Gasteiger partial charge on any atom is 0.181 e. The maximum atomic E-state index is 5.56. The quantitative estimate of drug-likeness (QED) is 0.655. The molecule has 0 aliphatic carbocycles. The molecule has 0 aliphatic heterocycles. The van der Waals surface area contributed by atoms with Crippen LogP contribution < -0.4 is 5.32 Å². The van der Waals surface area contributed by atoms with Crippen LogP contribution in [0.5, 0.6) is 0 Å². The zero-order valence-electron chi connectivity index (χ0n) is 10.7. The van der Waals surface area contributed by atoms with Crippen molar-refractivity contribution in [2.45, 2.75) is 26.8 Å². The number of aryl methyl sites for hydroxylation is 1. The summed E-state index contributed by atoms with van der Waals surface area (Å²) in [6.07, 6.45) is 2.64. The fourth-order valence-corrected chi connectivity index (χ4v) is 2.43. The fraction of sp³-hybridized carbons (Fsp3) is 0.357. The first-order valence-electron chi connectivity index (χ1n) is 6.12. The van der Waals surface area contributed by atoms with E-state index in [1.54, 1.807) is 0 Å². The van der Waals surface area contributed by atoms with Gasteiger partial charge >= 0.3 is 0 Å². The van der Waals surface area contributed by atoms with Crippen LogP contribution in [0.15, 0.2) is 29.0 Å². The second-order valence-corrected chi connectivity index (χ2v) is 5.32. The summed E-state index contributed by atoms with van der Waals surface area (Å²) < 4.78 is 6.79. The van der Waals surface area contributed by atoms with E-state index in [1.165, 1.54) is 15.5 Å². The predicted molar refractivity (Wildman–Crippen MR) is 81.4 cm³/mol. The van der Waals surface area contributed by atoms with Gasteiger partial charge in [0.1, 0.15) is 5.69 Å². The molecule has 0 unspecified atom stereocenters. The van der Waals surface area contributed by atoms with Crippen LogP contribution in [0.4, 0.5) is 0 Å². The second-order valence-electron chi connectivity index (χ2n) is 4.24. The van der Waals surface area contributed by atoms with Crippen molar-refractivity contribution < 1.29 is 4.42 Å². The number of hydrogen-bond acceptors (Lipinski definition) is 3. The molecule has 0 spiro atoms. The average molecular weight is 356 g/mol. The van der Waals surface area contributed by atoms with Crippen LogP contribution in [0.1, 0.15) is 24.6 Å². The monoisotopic (exact) mass is 356 g/mol. The van der Waals surface area contributed by atoms with Crippen molar-refractivity contribution in [1.29, 1.82) is 0 Å².